The predicted molar refractivity (Wildman–Crippen MR) is 118 cm³/mol. The normalized spacial score (nSPS) is 21.4. The van der Waals surface area contributed by atoms with Crippen LogP contribution in [0.25, 0.3) is 0 Å². The van der Waals surface area contributed by atoms with E-state index in [1.165, 1.54) is 25.3 Å². The molecule has 1 saturated heterocycles. The maximum atomic E-state index is 13.9. The van der Waals surface area contributed by atoms with Gasteiger partial charge in [0.15, 0.2) is 17.6 Å². The topological polar surface area (TPSA) is 61.8 Å². The second-order valence-corrected chi connectivity index (χ2v) is 7.41. The van der Waals surface area contributed by atoms with Gasteiger partial charge in [0.2, 0.25) is 0 Å². The van der Waals surface area contributed by atoms with E-state index in [9.17, 15) is 4.39 Å². The summed E-state index contributed by atoms with van der Waals surface area (Å²) in [5, 5.41) is 6.97. The smallest absolute Gasteiger partial charge is 0.191 e. The zero-order valence-corrected chi connectivity index (χ0v) is 18.5. The van der Waals surface area contributed by atoms with Gasteiger partial charge in [0.1, 0.15) is 0 Å². The van der Waals surface area contributed by atoms with Crippen molar-refractivity contribution in [2.24, 2.45) is 10.4 Å². The van der Waals surface area contributed by atoms with Crippen LogP contribution < -0.4 is 15.5 Å². The fraction of sp³-hybridized carbons (Fsp3) is 0.684. The zero-order chi connectivity index (χ0) is 18.4. The van der Waals surface area contributed by atoms with E-state index in [4.69, 9.17) is 4.74 Å². The number of rotatable bonds is 7. The SMILES string of the molecule is CN=C(NCC1(CCOC)CCC1)NC1CCN(c2ncccc2F)C1.I. The lowest BCUT2D eigenvalue weighted by atomic mass is 9.67. The Morgan fingerprint density at radius 2 is 2.30 bits per heavy atom. The summed E-state index contributed by atoms with van der Waals surface area (Å²) in [4.78, 5) is 10.5. The highest BCUT2D eigenvalue weighted by molar-refractivity contribution is 14.0. The molecule has 0 amide bonds. The molecule has 2 heterocycles. The first-order valence-corrected chi connectivity index (χ1v) is 9.47. The van der Waals surface area contributed by atoms with Gasteiger partial charge in [-0.05, 0) is 43.2 Å². The van der Waals surface area contributed by atoms with Crippen molar-refractivity contribution >= 4 is 35.8 Å². The molecule has 0 bridgehead atoms. The van der Waals surface area contributed by atoms with E-state index in [-0.39, 0.29) is 35.8 Å². The van der Waals surface area contributed by atoms with Crippen LogP contribution in [-0.4, -0.2) is 57.4 Å². The molecule has 8 heteroatoms. The summed E-state index contributed by atoms with van der Waals surface area (Å²) in [6, 6.07) is 3.32. The third kappa shape index (κ3) is 5.66. The molecule has 2 aliphatic rings. The molecule has 1 atom stereocenters. The quantitative estimate of drug-likeness (QED) is 0.349. The molecule has 0 spiro atoms. The van der Waals surface area contributed by atoms with Crippen LogP contribution in [0.5, 0.6) is 0 Å². The minimum absolute atomic E-state index is 0. The van der Waals surface area contributed by atoms with Gasteiger partial charge < -0.3 is 20.3 Å². The molecule has 1 unspecified atom stereocenters. The van der Waals surface area contributed by atoms with Crippen molar-refractivity contribution in [3.8, 4) is 0 Å². The highest BCUT2D eigenvalue weighted by Crippen LogP contribution is 2.43. The molecule has 1 aliphatic heterocycles. The standard InChI is InChI=1S/C19H30FN5O.HI/c1-21-18(23-14-19(7-4-8-19)9-12-26-2)24-15-6-11-25(13-15)17-16(20)5-3-10-22-17;/h3,5,10,15H,4,6-9,11-14H2,1-2H3,(H2,21,23,24);1H. The molecule has 1 aromatic rings. The Hall–Kier alpha value is -1.16. The number of halogens is 2. The monoisotopic (exact) mass is 491 g/mol. The van der Waals surface area contributed by atoms with Crippen LogP contribution in [0.15, 0.2) is 23.3 Å². The lowest BCUT2D eigenvalue weighted by Crippen LogP contribution is -2.49. The number of methoxy groups -OCH3 is 1. The van der Waals surface area contributed by atoms with Gasteiger partial charge >= 0.3 is 0 Å². The summed E-state index contributed by atoms with van der Waals surface area (Å²) >= 11 is 0. The summed E-state index contributed by atoms with van der Waals surface area (Å²) in [5.74, 6) is 0.996. The molecule has 27 heavy (non-hydrogen) atoms. The average molecular weight is 491 g/mol. The Balaban J connectivity index is 0.00000261. The number of nitrogens with zero attached hydrogens (tertiary/aromatic N) is 3. The number of aromatic nitrogens is 1. The Bertz CT molecular complexity index is 626. The number of anilines is 1. The van der Waals surface area contributed by atoms with Crippen LogP contribution in [0.3, 0.4) is 0 Å². The fourth-order valence-corrected chi connectivity index (χ4v) is 3.85. The second kappa shape index (κ2) is 10.4. The van der Waals surface area contributed by atoms with Crippen LogP contribution in [0, 0.1) is 11.2 Å². The minimum Gasteiger partial charge on any atom is -0.385 e. The van der Waals surface area contributed by atoms with Crippen molar-refractivity contribution in [3.63, 3.8) is 0 Å². The first-order valence-electron chi connectivity index (χ1n) is 9.47. The van der Waals surface area contributed by atoms with Gasteiger partial charge in [-0.3, -0.25) is 4.99 Å². The van der Waals surface area contributed by atoms with E-state index in [0.29, 0.717) is 11.2 Å². The molecule has 0 radical (unpaired) electrons. The predicted octanol–water partition coefficient (Wildman–Crippen LogP) is 2.79. The van der Waals surface area contributed by atoms with E-state index in [1.807, 2.05) is 4.90 Å². The largest absolute Gasteiger partial charge is 0.385 e. The fourth-order valence-electron chi connectivity index (χ4n) is 3.85. The third-order valence-corrected chi connectivity index (χ3v) is 5.67. The number of ether oxygens (including phenoxy) is 1. The highest BCUT2D eigenvalue weighted by atomic mass is 127. The lowest BCUT2D eigenvalue weighted by Gasteiger charge is -2.42. The van der Waals surface area contributed by atoms with Crippen LogP contribution >= 0.6 is 24.0 Å². The molecule has 1 aromatic heterocycles. The van der Waals surface area contributed by atoms with Crippen molar-refractivity contribution in [1.29, 1.82) is 0 Å². The average Bonchev–Trinajstić information content (AvgIpc) is 3.08. The summed E-state index contributed by atoms with van der Waals surface area (Å²) in [6.45, 7) is 3.24. The van der Waals surface area contributed by atoms with Crippen LogP contribution in [0.4, 0.5) is 10.2 Å². The van der Waals surface area contributed by atoms with Gasteiger partial charge in [-0.2, -0.15) is 0 Å². The summed E-state index contributed by atoms with van der Waals surface area (Å²) in [6.07, 6.45) is 7.45. The Morgan fingerprint density at radius 1 is 1.48 bits per heavy atom. The molecule has 0 aromatic carbocycles. The first-order chi connectivity index (χ1) is 12.7. The Labute approximate surface area is 178 Å². The van der Waals surface area contributed by atoms with Gasteiger partial charge in [-0.1, -0.05) is 6.42 Å². The summed E-state index contributed by atoms with van der Waals surface area (Å²) < 4.78 is 19.2. The van der Waals surface area contributed by atoms with Gasteiger partial charge in [0.05, 0.1) is 0 Å². The van der Waals surface area contributed by atoms with E-state index >= 15 is 0 Å². The molecular weight excluding hydrogens is 460 g/mol. The van der Waals surface area contributed by atoms with Crippen molar-refractivity contribution in [2.75, 3.05) is 45.3 Å². The number of hydrogen-bond acceptors (Lipinski definition) is 4. The van der Waals surface area contributed by atoms with Crippen molar-refractivity contribution < 1.29 is 9.13 Å². The van der Waals surface area contributed by atoms with Crippen molar-refractivity contribution in [3.05, 3.63) is 24.1 Å². The number of nitrogens with one attached hydrogen (secondary N) is 2. The van der Waals surface area contributed by atoms with Crippen LogP contribution in [0.2, 0.25) is 0 Å². The van der Waals surface area contributed by atoms with E-state index in [2.05, 4.69) is 20.6 Å². The van der Waals surface area contributed by atoms with E-state index < -0.39 is 0 Å². The molecule has 6 nitrogen and oxygen atoms in total. The summed E-state index contributed by atoms with van der Waals surface area (Å²) in [5.41, 5.74) is 0.340. The third-order valence-electron chi connectivity index (χ3n) is 5.67. The molecule has 1 saturated carbocycles. The highest BCUT2D eigenvalue weighted by Gasteiger charge is 2.36. The molecule has 2 fully saturated rings. The number of pyridine rings is 1. The van der Waals surface area contributed by atoms with Gasteiger partial charge in [0, 0.05) is 52.6 Å². The van der Waals surface area contributed by atoms with Crippen molar-refractivity contribution in [1.82, 2.24) is 15.6 Å². The molecule has 2 N–H and O–H groups in total. The van der Waals surface area contributed by atoms with E-state index in [0.717, 1.165) is 45.0 Å². The van der Waals surface area contributed by atoms with Gasteiger partial charge in [-0.15, -0.1) is 24.0 Å². The van der Waals surface area contributed by atoms with E-state index in [1.54, 1.807) is 26.4 Å². The molecular formula is C19H31FIN5O. The molecule has 1 aliphatic carbocycles. The maximum Gasteiger partial charge on any atom is 0.191 e. The number of hydrogen-bond donors (Lipinski definition) is 2. The van der Waals surface area contributed by atoms with Crippen LogP contribution in [-0.2, 0) is 4.74 Å². The van der Waals surface area contributed by atoms with Crippen molar-refractivity contribution in [2.45, 2.75) is 38.1 Å². The Morgan fingerprint density at radius 3 is 2.93 bits per heavy atom. The number of aliphatic imine (C=N–C) groups is 1. The molecule has 3 rings (SSSR count). The minimum atomic E-state index is -0.263. The van der Waals surface area contributed by atoms with Gasteiger partial charge in [-0.25, -0.2) is 9.37 Å². The lowest BCUT2D eigenvalue weighted by molar-refractivity contribution is 0.0732. The maximum absolute atomic E-state index is 13.9. The second-order valence-electron chi connectivity index (χ2n) is 7.41. The molecule has 152 valence electrons. The zero-order valence-electron chi connectivity index (χ0n) is 16.2. The van der Waals surface area contributed by atoms with Gasteiger partial charge in [0.25, 0.3) is 0 Å². The van der Waals surface area contributed by atoms with Crippen LogP contribution in [0.1, 0.15) is 32.1 Å². The first kappa shape index (κ1) is 22.1. The number of guanidine groups is 1. The Kier molecular flexibility index (Phi) is 8.53. The summed E-state index contributed by atoms with van der Waals surface area (Å²) in [7, 11) is 3.56.